The summed E-state index contributed by atoms with van der Waals surface area (Å²) in [6, 6.07) is 7.69. The van der Waals surface area contributed by atoms with E-state index in [0.29, 0.717) is 10.7 Å². The van der Waals surface area contributed by atoms with Gasteiger partial charge in [-0.1, -0.05) is 17.7 Å². The highest BCUT2D eigenvalue weighted by molar-refractivity contribution is 6.32. The number of carboxylic acids is 1. The van der Waals surface area contributed by atoms with Gasteiger partial charge >= 0.3 is 5.97 Å². The molecule has 0 aliphatic carbocycles. The molecule has 0 saturated heterocycles. The first-order chi connectivity index (χ1) is 8.49. The van der Waals surface area contributed by atoms with Gasteiger partial charge in [-0.05, 0) is 30.7 Å². The quantitative estimate of drug-likeness (QED) is 0.906. The summed E-state index contributed by atoms with van der Waals surface area (Å²) >= 11 is 6.06. The monoisotopic (exact) mass is 263 g/mol. The molecule has 0 saturated carbocycles. The summed E-state index contributed by atoms with van der Waals surface area (Å²) < 4.78 is 1.23. The fourth-order valence-electron chi connectivity index (χ4n) is 1.61. The van der Waals surface area contributed by atoms with E-state index < -0.39 is 5.97 Å². The number of nitrogens with zero attached hydrogens (tertiary/aromatic N) is 1. The molecule has 4 nitrogen and oxygen atoms in total. The van der Waals surface area contributed by atoms with Crippen molar-refractivity contribution in [3.8, 4) is 5.69 Å². The van der Waals surface area contributed by atoms with Crippen molar-refractivity contribution in [3.05, 3.63) is 63.0 Å². The Balaban J connectivity index is 2.66. The number of hydrogen-bond acceptors (Lipinski definition) is 2. The number of aromatic nitrogens is 1. The minimum Gasteiger partial charge on any atom is -0.478 e. The Hall–Kier alpha value is -2.07. The Morgan fingerprint density at radius 2 is 2.00 bits per heavy atom. The summed E-state index contributed by atoms with van der Waals surface area (Å²) in [6.07, 6.45) is 1.27. The summed E-state index contributed by atoms with van der Waals surface area (Å²) in [6.45, 7) is 1.88. The summed E-state index contributed by atoms with van der Waals surface area (Å²) in [5.41, 5.74) is 1.14. The van der Waals surface area contributed by atoms with E-state index in [4.69, 9.17) is 16.7 Å². The first-order valence-corrected chi connectivity index (χ1v) is 5.59. The molecule has 0 fully saturated rings. The molecule has 1 aromatic carbocycles. The van der Waals surface area contributed by atoms with Crippen molar-refractivity contribution in [1.82, 2.24) is 4.57 Å². The van der Waals surface area contributed by atoms with Crippen molar-refractivity contribution >= 4 is 17.6 Å². The third kappa shape index (κ3) is 2.28. The molecular formula is C13H10ClNO3. The van der Waals surface area contributed by atoms with Gasteiger partial charge in [0.25, 0.3) is 5.56 Å². The van der Waals surface area contributed by atoms with Crippen molar-refractivity contribution in [2.24, 2.45) is 0 Å². The lowest BCUT2D eigenvalue weighted by atomic mass is 10.2. The second-order valence-corrected chi connectivity index (χ2v) is 4.29. The largest absolute Gasteiger partial charge is 0.478 e. The molecule has 0 unspecified atom stereocenters. The number of aromatic carboxylic acids is 1. The number of aryl methyl sites for hydroxylation is 1. The highest BCUT2D eigenvalue weighted by Gasteiger charge is 2.09. The molecule has 0 aliphatic heterocycles. The topological polar surface area (TPSA) is 59.3 Å². The third-order valence-corrected chi connectivity index (χ3v) is 2.82. The zero-order valence-electron chi connectivity index (χ0n) is 9.55. The molecule has 1 heterocycles. The zero-order valence-corrected chi connectivity index (χ0v) is 10.3. The molecule has 0 radical (unpaired) electrons. The van der Waals surface area contributed by atoms with Gasteiger partial charge in [0.1, 0.15) is 0 Å². The fourth-order valence-corrected chi connectivity index (χ4v) is 1.94. The van der Waals surface area contributed by atoms with Crippen molar-refractivity contribution in [3.63, 3.8) is 0 Å². The van der Waals surface area contributed by atoms with E-state index in [1.165, 1.54) is 22.9 Å². The van der Waals surface area contributed by atoms with E-state index in [-0.39, 0.29) is 11.1 Å². The number of rotatable bonds is 2. The number of pyridine rings is 1. The summed E-state index contributed by atoms with van der Waals surface area (Å²) in [5.74, 6) is -1.09. The maximum atomic E-state index is 11.7. The third-order valence-electron chi connectivity index (χ3n) is 2.52. The maximum absolute atomic E-state index is 11.7. The van der Waals surface area contributed by atoms with Gasteiger partial charge in [-0.15, -0.1) is 0 Å². The molecule has 1 N–H and O–H groups in total. The lowest BCUT2D eigenvalue weighted by molar-refractivity contribution is 0.0696. The van der Waals surface area contributed by atoms with Crippen molar-refractivity contribution in [2.45, 2.75) is 6.92 Å². The second-order valence-electron chi connectivity index (χ2n) is 3.89. The number of halogens is 1. The van der Waals surface area contributed by atoms with Crippen LogP contribution in [0.2, 0.25) is 5.02 Å². The van der Waals surface area contributed by atoms with Crippen LogP contribution in [-0.2, 0) is 0 Å². The molecule has 5 heteroatoms. The Bertz CT molecular complexity index is 676. The normalized spacial score (nSPS) is 10.3. The fraction of sp³-hybridized carbons (Fsp3) is 0.0769. The Kier molecular flexibility index (Phi) is 3.21. The highest BCUT2D eigenvalue weighted by Crippen LogP contribution is 2.20. The van der Waals surface area contributed by atoms with Gasteiger partial charge < -0.3 is 5.11 Å². The van der Waals surface area contributed by atoms with Crippen molar-refractivity contribution in [1.29, 1.82) is 0 Å². The summed E-state index contributed by atoms with van der Waals surface area (Å²) in [5, 5.41) is 9.31. The van der Waals surface area contributed by atoms with Crippen molar-refractivity contribution < 1.29 is 9.90 Å². The second kappa shape index (κ2) is 4.66. The zero-order chi connectivity index (χ0) is 13.3. The van der Waals surface area contributed by atoms with E-state index in [1.54, 1.807) is 18.2 Å². The Morgan fingerprint density at radius 3 is 2.61 bits per heavy atom. The van der Waals surface area contributed by atoms with Crippen LogP contribution in [-0.4, -0.2) is 15.6 Å². The van der Waals surface area contributed by atoms with E-state index in [0.717, 1.165) is 5.56 Å². The van der Waals surface area contributed by atoms with E-state index in [2.05, 4.69) is 0 Å². The summed E-state index contributed by atoms with van der Waals surface area (Å²) in [7, 11) is 0. The van der Waals surface area contributed by atoms with Crippen LogP contribution in [0, 0.1) is 6.92 Å². The summed E-state index contributed by atoms with van der Waals surface area (Å²) in [4.78, 5) is 22.6. The van der Waals surface area contributed by atoms with Gasteiger partial charge in [0.05, 0.1) is 16.3 Å². The Labute approximate surface area is 108 Å². The molecule has 1 aromatic heterocycles. The van der Waals surface area contributed by atoms with Crippen molar-refractivity contribution in [2.75, 3.05) is 0 Å². The predicted octanol–water partition coefficient (Wildman–Crippen LogP) is 2.50. The van der Waals surface area contributed by atoms with Gasteiger partial charge in [-0.3, -0.25) is 9.36 Å². The van der Waals surface area contributed by atoms with Crippen LogP contribution in [0.25, 0.3) is 5.69 Å². The number of carbonyl (C=O) groups is 1. The maximum Gasteiger partial charge on any atom is 0.337 e. The molecule has 2 aromatic rings. The minimum atomic E-state index is -1.09. The van der Waals surface area contributed by atoms with Crippen LogP contribution < -0.4 is 5.56 Å². The molecule has 2 rings (SSSR count). The van der Waals surface area contributed by atoms with E-state index in [1.807, 2.05) is 6.92 Å². The van der Waals surface area contributed by atoms with Crippen LogP contribution in [0.4, 0.5) is 0 Å². The van der Waals surface area contributed by atoms with Crippen LogP contribution in [0.3, 0.4) is 0 Å². The average molecular weight is 264 g/mol. The Morgan fingerprint density at radius 1 is 1.28 bits per heavy atom. The molecule has 92 valence electrons. The number of benzene rings is 1. The number of carboxylic acid groups (broad SMARTS) is 1. The molecule has 0 spiro atoms. The molecule has 0 amide bonds. The molecule has 0 bridgehead atoms. The van der Waals surface area contributed by atoms with E-state index >= 15 is 0 Å². The van der Waals surface area contributed by atoms with Gasteiger partial charge in [0, 0.05) is 12.3 Å². The predicted molar refractivity (Wildman–Crippen MR) is 68.7 cm³/mol. The van der Waals surface area contributed by atoms with Crippen LogP contribution in [0.5, 0.6) is 0 Å². The lowest BCUT2D eigenvalue weighted by Gasteiger charge is -2.09. The molecule has 0 aliphatic rings. The minimum absolute atomic E-state index is 0.0336. The number of hydrogen-bond donors (Lipinski definition) is 1. The smallest absolute Gasteiger partial charge is 0.337 e. The average Bonchev–Trinajstić information content (AvgIpc) is 2.30. The standard InChI is InChI=1S/C13H10ClNO3/c1-8-2-4-11(10(14)6-8)15-7-9(13(17)18)3-5-12(15)16/h2-7H,1H3,(H,17,18). The van der Waals surface area contributed by atoms with Crippen LogP contribution in [0.1, 0.15) is 15.9 Å². The first-order valence-electron chi connectivity index (χ1n) is 5.21. The lowest BCUT2D eigenvalue weighted by Crippen LogP contribution is -2.18. The van der Waals surface area contributed by atoms with Gasteiger partial charge in [0.15, 0.2) is 0 Å². The molecule has 18 heavy (non-hydrogen) atoms. The van der Waals surface area contributed by atoms with Gasteiger partial charge in [-0.2, -0.15) is 0 Å². The SMILES string of the molecule is Cc1ccc(-n2cc(C(=O)O)ccc2=O)c(Cl)c1. The first kappa shape index (κ1) is 12.4. The van der Waals surface area contributed by atoms with Crippen LogP contribution >= 0.6 is 11.6 Å². The van der Waals surface area contributed by atoms with Gasteiger partial charge in [0.2, 0.25) is 0 Å². The molecular weight excluding hydrogens is 254 g/mol. The van der Waals surface area contributed by atoms with Crippen LogP contribution in [0.15, 0.2) is 41.3 Å². The van der Waals surface area contributed by atoms with Gasteiger partial charge in [-0.25, -0.2) is 4.79 Å². The van der Waals surface area contributed by atoms with E-state index in [9.17, 15) is 9.59 Å². The highest BCUT2D eigenvalue weighted by atomic mass is 35.5. The molecule has 0 atom stereocenters.